The van der Waals surface area contributed by atoms with Gasteiger partial charge in [0.05, 0.1) is 11.1 Å². The number of alkyl halides is 3. The first-order valence-electron chi connectivity index (χ1n) is 4.29. The first kappa shape index (κ1) is 13.4. The van der Waals surface area contributed by atoms with Crippen molar-refractivity contribution in [3.05, 3.63) is 28.8 Å². The molecule has 1 aromatic carbocycles. The van der Waals surface area contributed by atoms with E-state index in [0.717, 1.165) is 0 Å². The SMILES string of the molecule is Cc1ccc(C#N)c(C(=O)O)c1SC(F)(F)F. The van der Waals surface area contributed by atoms with Gasteiger partial charge in [0.1, 0.15) is 6.07 Å². The first-order chi connectivity index (χ1) is 7.76. The molecule has 0 amide bonds. The van der Waals surface area contributed by atoms with Crippen molar-refractivity contribution in [2.45, 2.75) is 17.3 Å². The Morgan fingerprint density at radius 1 is 1.47 bits per heavy atom. The number of rotatable bonds is 2. The van der Waals surface area contributed by atoms with Crippen LogP contribution in [0.2, 0.25) is 0 Å². The molecule has 0 spiro atoms. The van der Waals surface area contributed by atoms with Gasteiger partial charge in [-0.2, -0.15) is 18.4 Å². The van der Waals surface area contributed by atoms with Gasteiger partial charge in [-0.3, -0.25) is 0 Å². The lowest BCUT2D eigenvalue weighted by atomic mass is 10.1. The summed E-state index contributed by atoms with van der Waals surface area (Å²) in [6.45, 7) is 1.36. The van der Waals surface area contributed by atoms with E-state index in [-0.39, 0.29) is 11.1 Å². The second-order valence-electron chi connectivity index (χ2n) is 3.10. The number of aromatic carboxylic acids is 1. The van der Waals surface area contributed by atoms with Gasteiger partial charge in [0.25, 0.3) is 0 Å². The van der Waals surface area contributed by atoms with E-state index < -0.39 is 33.7 Å². The van der Waals surface area contributed by atoms with Crippen LogP contribution in [0, 0.1) is 18.3 Å². The third kappa shape index (κ3) is 3.14. The minimum atomic E-state index is -4.59. The quantitative estimate of drug-likeness (QED) is 0.830. The monoisotopic (exact) mass is 261 g/mol. The number of hydrogen-bond acceptors (Lipinski definition) is 3. The minimum absolute atomic E-state index is 0.170. The Kier molecular flexibility index (Phi) is 3.68. The second-order valence-corrected chi connectivity index (χ2v) is 4.17. The van der Waals surface area contributed by atoms with Gasteiger partial charge in [-0.15, -0.1) is 0 Å². The molecule has 7 heteroatoms. The summed E-state index contributed by atoms with van der Waals surface area (Å²) in [7, 11) is 0. The number of carbonyl (C=O) groups is 1. The summed E-state index contributed by atoms with van der Waals surface area (Å²) in [4.78, 5) is 10.5. The first-order valence-corrected chi connectivity index (χ1v) is 5.10. The van der Waals surface area contributed by atoms with E-state index in [1.807, 2.05) is 0 Å². The van der Waals surface area contributed by atoms with Gasteiger partial charge in [-0.25, -0.2) is 4.79 Å². The lowest BCUT2D eigenvalue weighted by Gasteiger charge is -2.12. The lowest BCUT2D eigenvalue weighted by molar-refractivity contribution is -0.0328. The van der Waals surface area contributed by atoms with Crippen LogP contribution in [0.1, 0.15) is 21.5 Å². The molecule has 0 bridgehead atoms. The van der Waals surface area contributed by atoms with Crippen LogP contribution in [-0.4, -0.2) is 16.6 Å². The summed E-state index contributed by atoms with van der Waals surface area (Å²) in [5.41, 5.74) is -5.31. The van der Waals surface area contributed by atoms with Gasteiger partial charge < -0.3 is 5.11 Å². The van der Waals surface area contributed by atoms with Gasteiger partial charge in [-0.05, 0) is 30.3 Å². The van der Waals surface area contributed by atoms with Crippen LogP contribution in [0.15, 0.2) is 17.0 Å². The number of carboxylic acids is 1. The van der Waals surface area contributed by atoms with Gasteiger partial charge in [0.2, 0.25) is 0 Å². The highest BCUT2D eigenvalue weighted by atomic mass is 32.2. The van der Waals surface area contributed by atoms with Crippen LogP contribution in [0.3, 0.4) is 0 Å². The Morgan fingerprint density at radius 2 is 2.06 bits per heavy atom. The topological polar surface area (TPSA) is 61.1 Å². The van der Waals surface area contributed by atoms with E-state index in [4.69, 9.17) is 10.4 Å². The largest absolute Gasteiger partial charge is 0.478 e. The smallest absolute Gasteiger partial charge is 0.446 e. The number of nitriles is 1. The Bertz CT molecular complexity index is 505. The van der Waals surface area contributed by atoms with Gasteiger partial charge in [0.15, 0.2) is 0 Å². The average Bonchev–Trinajstić information content (AvgIpc) is 2.18. The molecular formula is C10H6F3NO2S. The molecule has 17 heavy (non-hydrogen) atoms. The number of aryl methyl sites for hydroxylation is 1. The maximum atomic E-state index is 12.3. The summed E-state index contributed by atoms with van der Waals surface area (Å²) in [5, 5.41) is 17.5. The zero-order valence-corrected chi connectivity index (χ0v) is 9.32. The van der Waals surface area contributed by atoms with Crippen LogP contribution in [0.4, 0.5) is 13.2 Å². The molecule has 0 aliphatic carbocycles. The van der Waals surface area contributed by atoms with E-state index >= 15 is 0 Å². The fourth-order valence-corrected chi connectivity index (χ4v) is 2.00. The standard InChI is InChI=1S/C10H6F3NO2S/c1-5-2-3-6(4-14)7(9(15)16)8(5)17-10(11,12)13/h2-3H,1H3,(H,15,16). The number of thioether (sulfide) groups is 1. The fourth-order valence-electron chi connectivity index (χ4n) is 1.24. The number of halogens is 3. The molecule has 0 unspecified atom stereocenters. The van der Waals surface area contributed by atoms with E-state index in [1.54, 1.807) is 6.07 Å². The zero-order chi connectivity index (χ0) is 13.2. The molecule has 0 atom stereocenters. The van der Waals surface area contributed by atoms with Crippen molar-refractivity contribution < 1.29 is 23.1 Å². The molecule has 0 saturated heterocycles. The van der Waals surface area contributed by atoms with Crippen LogP contribution in [0.25, 0.3) is 0 Å². The maximum absolute atomic E-state index is 12.3. The molecule has 0 fully saturated rings. The highest BCUT2D eigenvalue weighted by Gasteiger charge is 2.33. The number of carboxylic acid groups (broad SMARTS) is 1. The normalized spacial score (nSPS) is 11.0. The minimum Gasteiger partial charge on any atom is -0.478 e. The predicted molar refractivity (Wildman–Crippen MR) is 54.8 cm³/mol. The average molecular weight is 261 g/mol. The Balaban J connectivity index is 3.46. The summed E-state index contributed by atoms with van der Waals surface area (Å²) in [6, 6.07) is 4.05. The molecule has 0 aromatic heterocycles. The van der Waals surface area contributed by atoms with E-state index in [2.05, 4.69) is 0 Å². The summed E-state index contributed by atoms with van der Waals surface area (Å²) in [5.74, 6) is -1.54. The van der Waals surface area contributed by atoms with Crippen molar-refractivity contribution in [3.8, 4) is 6.07 Å². The summed E-state index contributed by atoms with van der Waals surface area (Å²) >= 11 is -0.520. The number of nitrogens with zero attached hydrogens (tertiary/aromatic N) is 1. The van der Waals surface area contributed by atoms with E-state index in [1.165, 1.54) is 19.1 Å². The van der Waals surface area contributed by atoms with Gasteiger partial charge in [-0.1, -0.05) is 6.07 Å². The molecule has 1 rings (SSSR count). The molecule has 0 radical (unpaired) electrons. The van der Waals surface area contributed by atoms with Gasteiger partial charge >= 0.3 is 11.5 Å². The molecule has 90 valence electrons. The zero-order valence-electron chi connectivity index (χ0n) is 8.50. The van der Waals surface area contributed by atoms with Crippen LogP contribution in [-0.2, 0) is 0 Å². The van der Waals surface area contributed by atoms with Crippen molar-refractivity contribution in [1.82, 2.24) is 0 Å². The van der Waals surface area contributed by atoms with Crippen molar-refractivity contribution in [1.29, 1.82) is 5.26 Å². The highest BCUT2D eigenvalue weighted by molar-refractivity contribution is 8.00. The molecule has 1 aromatic rings. The Labute approximate surface area is 98.9 Å². The van der Waals surface area contributed by atoms with E-state index in [9.17, 15) is 18.0 Å². The maximum Gasteiger partial charge on any atom is 0.446 e. The lowest BCUT2D eigenvalue weighted by Crippen LogP contribution is -2.08. The highest BCUT2D eigenvalue weighted by Crippen LogP contribution is 2.41. The summed E-state index contributed by atoms with van der Waals surface area (Å²) < 4.78 is 36.9. The molecular weight excluding hydrogens is 255 g/mol. The van der Waals surface area contributed by atoms with Crippen molar-refractivity contribution >= 4 is 17.7 Å². The van der Waals surface area contributed by atoms with Crippen LogP contribution >= 0.6 is 11.8 Å². The fraction of sp³-hybridized carbons (Fsp3) is 0.200. The van der Waals surface area contributed by atoms with E-state index in [0.29, 0.717) is 0 Å². The Hall–Kier alpha value is -1.68. The van der Waals surface area contributed by atoms with Gasteiger partial charge in [0, 0.05) is 4.90 Å². The van der Waals surface area contributed by atoms with Crippen LogP contribution < -0.4 is 0 Å². The molecule has 1 N–H and O–H groups in total. The number of benzene rings is 1. The van der Waals surface area contributed by atoms with Crippen molar-refractivity contribution in [2.75, 3.05) is 0 Å². The molecule has 3 nitrogen and oxygen atoms in total. The third-order valence-electron chi connectivity index (χ3n) is 1.91. The molecule has 0 aliphatic rings. The van der Waals surface area contributed by atoms with Crippen molar-refractivity contribution in [2.24, 2.45) is 0 Å². The Morgan fingerprint density at radius 3 is 2.47 bits per heavy atom. The molecule has 0 saturated carbocycles. The predicted octanol–water partition coefficient (Wildman–Crippen LogP) is 3.18. The summed E-state index contributed by atoms with van der Waals surface area (Å²) in [6.07, 6.45) is 0. The molecule has 0 aliphatic heterocycles. The second kappa shape index (κ2) is 4.67. The van der Waals surface area contributed by atoms with Crippen LogP contribution in [0.5, 0.6) is 0 Å². The molecule has 0 heterocycles. The third-order valence-corrected chi connectivity index (χ3v) is 2.87. The number of hydrogen-bond donors (Lipinski definition) is 1. The van der Waals surface area contributed by atoms with Crippen molar-refractivity contribution in [3.63, 3.8) is 0 Å².